The van der Waals surface area contributed by atoms with Crippen molar-refractivity contribution >= 4 is 68.8 Å². The van der Waals surface area contributed by atoms with Crippen molar-refractivity contribution in [3.63, 3.8) is 0 Å². The first-order chi connectivity index (χ1) is 23.9. The SMILES string of the molecule is O=C(O)c1cc(NC(=O)C(CNC(=O)c2cc3cc[nH]c3cc2C(=O)NCC23CC4CC(CC(C4)C2)C3)c2ccc(I)cc2)cc(C(=O)O)c1. The Morgan fingerprint density at radius 2 is 1.36 bits per heavy atom. The molecule has 258 valence electrons. The first-order valence-electron chi connectivity index (χ1n) is 16.8. The molecule has 12 heteroatoms. The fourth-order valence-electron chi connectivity index (χ4n) is 8.87. The van der Waals surface area contributed by atoms with Crippen LogP contribution in [0.3, 0.4) is 0 Å². The number of carbonyl (C=O) groups is 5. The van der Waals surface area contributed by atoms with Gasteiger partial charge in [-0.25, -0.2) is 9.59 Å². The monoisotopic (exact) mass is 788 g/mol. The van der Waals surface area contributed by atoms with Crippen molar-refractivity contribution in [1.29, 1.82) is 0 Å². The van der Waals surface area contributed by atoms with E-state index >= 15 is 0 Å². The van der Waals surface area contributed by atoms with Crippen LogP contribution < -0.4 is 16.0 Å². The van der Waals surface area contributed by atoms with Crippen molar-refractivity contribution < 1.29 is 34.2 Å². The summed E-state index contributed by atoms with van der Waals surface area (Å²) in [6.07, 6.45) is 9.09. The summed E-state index contributed by atoms with van der Waals surface area (Å²) in [5, 5.41) is 28.4. The van der Waals surface area contributed by atoms with Gasteiger partial charge >= 0.3 is 11.9 Å². The molecular weight excluding hydrogens is 751 g/mol. The molecule has 1 unspecified atom stereocenters. The minimum absolute atomic E-state index is 0.00923. The molecule has 3 aromatic carbocycles. The molecule has 1 heterocycles. The van der Waals surface area contributed by atoms with E-state index in [1.165, 1.54) is 31.4 Å². The first-order valence-corrected chi connectivity index (χ1v) is 17.9. The number of benzene rings is 3. The van der Waals surface area contributed by atoms with Gasteiger partial charge in [0.1, 0.15) is 0 Å². The predicted octanol–water partition coefficient (Wildman–Crippen LogP) is 6.27. The molecule has 11 nitrogen and oxygen atoms in total. The fourth-order valence-corrected chi connectivity index (χ4v) is 9.23. The van der Waals surface area contributed by atoms with Crippen LogP contribution in [0, 0.1) is 26.7 Å². The number of carboxylic acids is 2. The van der Waals surface area contributed by atoms with Crippen LogP contribution in [-0.2, 0) is 4.79 Å². The van der Waals surface area contributed by atoms with E-state index in [4.69, 9.17) is 0 Å². The number of nitrogens with one attached hydrogen (secondary N) is 4. The van der Waals surface area contributed by atoms with Gasteiger partial charge in [0.15, 0.2) is 0 Å². The van der Waals surface area contributed by atoms with Crippen LogP contribution in [0.15, 0.2) is 66.9 Å². The van der Waals surface area contributed by atoms with Crippen molar-refractivity contribution in [2.45, 2.75) is 44.4 Å². The zero-order valence-electron chi connectivity index (χ0n) is 27.1. The Balaban J connectivity index is 1.12. The van der Waals surface area contributed by atoms with E-state index in [1.807, 2.05) is 18.2 Å². The van der Waals surface area contributed by atoms with Gasteiger partial charge in [-0.15, -0.1) is 0 Å². The maximum absolute atomic E-state index is 13.9. The van der Waals surface area contributed by atoms with Crippen LogP contribution in [0.2, 0.25) is 0 Å². The van der Waals surface area contributed by atoms with Gasteiger partial charge in [0.2, 0.25) is 5.91 Å². The van der Waals surface area contributed by atoms with E-state index in [-0.39, 0.29) is 45.8 Å². The lowest BCUT2D eigenvalue weighted by Gasteiger charge is -2.56. The summed E-state index contributed by atoms with van der Waals surface area (Å²) in [6.45, 7) is 0.427. The number of halogens is 1. The number of anilines is 1. The fraction of sp³-hybridized carbons (Fsp3) is 0.342. The summed E-state index contributed by atoms with van der Waals surface area (Å²) < 4.78 is 0.929. The van der Waals surface area contributed by atoms with Crippen molar-refractivity contribution in [3.8, 4) is 0 Å². The molecule has 0 spiro atoms. The van der Waals surface area contributed by atoms with Gasteiger partial charge in [-0.3, -0.25) is 14.4 Å². The smallest absolute Gasteiger partial charge is 0.335 e. The number of carboxylic acid groups (broad SMARTS) is 2. The first kappa shape index (κ1) is 33.8. The number of carbonyl (C=O) groups excluding carboxylic acids is 3. The summed E-state index contributed by atoms with van der Waals surface area (Å²) in [4.78, 5) is 67.9. The third-order valence-corrected chi connectivity index (χ3v) is 11.4. The number of aromatic amines is 1. The highest BCUT2D eigenvalue weighted by molar-refractivity contribution is 14.1. The second-order valence-electron chi connectivity index (χ2n) is 14.3. The van der Waals surface area contributed by atoms with Gasteiger partial charge in [-0.1, -0.05) is 12.1 Å². The maximum atomic E-state index is 13.9. The normalized spacial score (nSPS) is 22.5. The van der Waals surface area contributed by atoms with E-state index in [0.717, 1.165) is 57.6 Å². The van der Waals surface area contributed by atoms with Crippen molar-refractivity contribution in [2.24, 2.45) is 23.2 Å². The molecular formula is C38H37IN4O7. The molecule has 0 saturated heterocycles. The van der Waals surface area contributed by atoms with Gasteiger partial charge in [-0.2, -0.15) is 0 Å². The summed E-state index contributed by atoms with van der Waals surface area (Å²) in [5.74, 6) is -2.83. The highest BCUT2D eigenvalue weighted by Gasteiger charge is 2.50. The molecule has 8 rings (SSSR count). The third-order valence-electron chi connectivity index (χ3n) is 10.7. The van der Waals surface area contributed by atoms with E-state index in [0.29, 0.717) is 12.1 Å². The lowest BCUT2D eigenvalue weighted by atomic mass is 9.49. The van der Waals surface area contributed by atoms with Crippen LogP contribution in [0.1, 0.15) is 91.4 Å². The minimum atomic E-state index is -1.35. The average molecular weight is 789 g/mol. The number of fused-ring (bicyclic) bond motifs is 1. The minimum Gasteiger partial charge on any atom is -0.478 e. The molecule has 50 heavy (non-hydrogen) atoms. The lowest BCUT2D eigenvalue weighted by Crippen LogP contribution is -2.51. The molecule has 3 amide bonds. The Kier molecular flexibility index (Phi) is 9.14. The maximum Gasteiger partial charge on any atom is 0.335 e. The number of aromatic nitrogens is 1. The summed E-state index contributed by atoms with van der Waals surface area (Å²) in [7, 11) is 0. The van der Waals surface area contributed by atoms with Crippen molar-refractivity contribution in [1.82, 2.24) is 15.6 Å². The van der Waals surface area contributed by atoms with Crippen LogP contribution in [0.5, 0.6) is 0 Å². The van der Waals surface area contributed by atoms with Gasteiger partial charge < -0.3 is 31.1 Å². The van der Waals surface area contributed by atoms with Gasteiger partial charge in [0.05, 0.1) is 28.2 Å². The van der Waals surface area contributed by atoms with E-state index in [2.05, 4.69) is 43.5 Å². The Bertz CT molecular complexity index is 1950. The number of rotatable bonds is 11. The molecule has 0 aliphatic heterocycles. The van der Waals surface area contributed by atoms with Crippen LogP contribution in [0.4, 0.5) is 5.69 Å². The van der Waals surface area contributed by atoms with Crippen molar-refractivity contribution in [3.05, 3.63) is 98.2 Å². The van der Waals surface area contributed by atoms with Crippen LogP contribution in [0.25, 0.3) is 10.9 Å². The molecule has 4 aromatic rings. The third kappa shape index (κ3) is 6.98. The summed E-state index contributed by atoms with van der Waals surface area (Å²) in [5.41, 5.74) is 1.23. The Morgan fingerprint density at radius 3 is 1.96 bits per heavy atom. The molecule has 1 aromatic heterocycles. The van der Waals surface area contributed by atoms with Gasteiger partial charge in [0.25, 0.3) is 11.8 Å². The largest absolute Gasteiger partial charge is 0.478 e. The molecule has 1 atom stereocenters. The number of amides is 3. The van der Waals surface area contributed by atoms with Crippen LogP contribution in [-0.4, -0.2) is 57.9 Å². The van der Waals surface area contributed by atoms with Gasteiger partial charge in [0, 0.05) is 39.4 Å². The topological polar surface area (TPSA) is 178 Å². The molecule has 6 N–H and O–H groups in total. The summed E-state index contributed by atoms with van der Waals surface area (Å²) >= 11 is 2.14. The molecule has 0 radical (unpaired) electrons. The second-order valence-corrected chi connectivity index (χ2v) is 15.5. The standard InChI is InChI=1S/C38H37IN4O7/c39-27-3-1-23(2-4-27)31(35(46)43-28-11-25(36(47)48)10-26(12-28)37(49)50)18-41-33(44)29-13-24-5-6-40-32(24)14-30(29)34(45)42-19-38-15-20-7-21(16-38)9-22(8-20)17-38/h1-6,10-14,20-22,31,40H,7-9,15-19H2,(H,41,44)(H,42,45)(H,43,46)(H,47,48)(H,49,50). The Labute approximate surface area is 301 Å². The molecule has 4 bridgehead atoms. The average Bonchev–Trinajstić information content (AvgIpc) is 3.54. The quantitative estimate of drug-likeness (QED) is 0.0971. The number of aromatic carboxylic acids is 2. The molecule has 4 saturated carbocycles. The van der Waals surface area contributed by atoms with Crippen LogP contribution >= 0.6 is 22.6 Å². The Morgan fingerprint density at radius 1 is 0.780 bits per heavy atom. The highest BCUT2D eigenvalue weighted by atomic mass is 127. The predicted molar refractivity (Wildman–Crippen MR) is 194 cm³/mol. The number of hydrogen-bond acceptors (Lipinski definition) is 5. The second kappa shape index (κ2) is 13.5. The number of H-pyrrole nitrogens is 1. The zero-order valence-corrected chi connectivity index (χ0v) is 29.3. The number of hydrogen-bond donors (Lipinski definition) is 6. The molecule has 4 aliphatic rings. The highest BCUT2D eigenvalue weighted by Crippen LogP contribution is 2.59. The van der Waals surface area contributed by atoms with E-state index < -0.39 is 29.7 Å². The van der Waals surface area contributed by atoms with E-state index in [9.17, 15) is 34.2 Å². The van der Waals surface area contributed by atoms with Crippen molar-refractivity contribution in [2.75, 3.05) is 18.4 Å². The van der Waals surface area contributed by atoms with E-state index in [1.54, 1.807) is 30.5 Å². The van der Waals surface area contributed by atoms with Gasteiger partial charge in [-0.05, 0) is 138 Å². The summed E-state index contributed by atoms with van der Waals surface area (Å²) in [6, 6.07) is 15.7. The zero-order chi connectivity index (χ0) is 35.2. The lowest BCUT2D eigenvalue weighted by molar-refractivity contribution is -0.117. The Hall–Kier alpha value is -4.72. The molecule has 4 fully saturated rings. The molecule has 4 aliphatic carbocycles.